The highest BCUT2D eigenvalue weighted by Gasteiger charge is 2.21. The zero-order valence-corrected chi connectivity index (χ0v) is 13.9. The molecule has 3 nitrogen and oxygen atoms in total. The Morgan fingerprint density at radius 3 is 2.70 bits per heavy atom. The summed E-state index contributed by atoms with van der Waals surface area (Å²) < 4.78 is 1.14. The van der Waals surface area contributed by atoms with Gasteiger partial charge in [0.25, 0.3) is 0 Å². The lowest BCUT2D eigenvalue weighted by molar-refractivity contribution is -0.121. The molecule has 4 heteroatoms. The number of piperidine rings is 1. The zero-order chi connectivity index (χ0) is 14.5. The fraction of sp³-hybridized carbons (Fsp3) is 0.562. The van der Waals surface area contributed by atoms with Crippen molar-refractivity contribution in [1.29, 1.82) is 0 Å². The molecule has 1 aliphatic rings. The summed E-state index contributed by atoms with van der Waals surface area (Å²) in [6, 6.07) is 6.49. The van der Waals surface area contributed by atoms with E-state index in [4.69, 9.17) is 0 Å². The van der Waals surface area contributed by atoms with Crippen LogP contribution in [0.15, 0.2) is 22.7 Å². The highest BCUT2D eigenvalue weighted by atomic mass is 79.9. The number of rotatable bonds is 4. The molecule has 1 aromatic rings. The summed E-state index contributed by atoms with van der Waals surface area (Å²) in [6.07, 6.45) is 2.94. The number of carbonyl (C=O) groups is 1. The number of carbonyl (C=O) groups excluding carboxylic acids is 1. The number of halogens is 1. The second-order valence-electron chi connectivity index (χ2n) is 5.67. The Balaban J connectivity index is 1.83. The first-order valence-corrected chi connectivity index (χ1v) is 8.05. The lowest BCUT2D eigenvalue weighted by atomic mass is 9.93. The lowest BCUT2D eigenvalue weighted by Crippen LogP contribution is -2.35. The van der Waals surface area contributed by atoms with Crippen LogP contribution in [0.5, 0.6) is 0 Å². The Morgan fingerprint density at radius 1 is 1.40 bits per heavy atom. The Morgan fingerprint density at radius 2 is 2.10 bits per heavy atom. The normalized spacial score (nSPS) is 17.1. The zero-order valence-electron chi connectivity index (χ0n) is 12.3. The molecule has 0 saturated carbocycles. The van der Waals surface area contributed by atoms with Gasteiger partial charge in [0.2, 0.25) is 5.91 Å². The lowest BCUT2D eigenvalue weighted by Gasteiger charge is -2.32. The van der Waals surface area contributed by atoms with Gasteiger partial charge in [-0.25, -0.2) is 0 Å². The van der Waals surface area contributed by atoms with Gasteiger partial charge in [-0.1, -0.05) is 22.0 Å². The molecule has 110 valence electrons. The average molecular weight is 339 g/mol. The molecule has 0 unspecified atom stereocenters. The highest BCUT2D eigenvalue weighted by molar-refractivity contribution is 9.10. The number of benzene rings is 1. The van der Waals surface area contributed by atoms with Gasteiger partial charge in [-0.3, -0.25) is 9.69 Å². The van der Waals surface area contributed by atoms with Gasteiger partial charge in [-0.15, -0.1) is 0 Å². The molecule has 20 heavy (non-hydrogen) atoms. The maximum Gasteiger partial charge on any atom is 0.220 e. The minimum absolute atomic E-state index is 0.173. The summed E-state index contributed by atoms with van der Waals surface area (Å²) >= 11 is 3.51. The number of nitrogens with zero attached hydrogens (tertiary/aromatic N) is 1. The van der Waals surface area contributed by atoms with Crippen molar-refractivity contribution in [3.63, 3.8) is 0 Å². The van der Waals surface area contributed by atoms with Gasteiger partial charge in [-0.05, 0) is 62.0 Å². The number of hydrogen-bond acceptors (Lipinski definition) is 2. The van der Waals surface area contributed by atoms with Crippen molar-refractivity contribution in [1.82, 2.24) is 10.2 Å². The van der Waals surface area contributed by atoms with Crippen LogP contribution >= 0.6 is 15.9 Å². The van der Waals surface area contributed by atoms with Crippen LogP contribution in [0.3, 0.4) is 0 Å². The molecule has 1 fully saturated rings. The molecular weight excluding hydrogens is 316 g/mol. The quantitative estimate of drug-likeness (QED) is 0.914. The minimum atomic E-state index is 0.173. The molecule has 2 rings (SSSR count). The summed E-state index contributed by atoms with van der Waals surface area (Å²) in [5.74, 6) is 0.726. The number of likely N-dealkylation sites (tertiary alicyclic amines) is 1. The third kappa shape index (κ3) is 4.32. The summed E-state index contributed by atoms with van der Waals surface area (Å²) in [5.41, 5.74) is 2.74. The predicted molar refractivity (Wildman–Crippen MR) is 85.6 cm³/mol. The van der Waals surface area contributed by atoms with Gasteiger partial charge >= 0.3 is 0 Å². The van der Waals surface area contributed by atoms with E-state index in [1.54, 1.807) is 7.05 Å². The second kappa shape index (κ2) is 7.23. The summed E-state index contributed by atoms with van der Waals surface area (Å²) in [7, 11) is 1.72. The Labute approximate surface area is 129 Å². The van der Waals surface area contributed by atoms with Gasteiger partial charge in [-0.2, -0.15) is 0 Å². The molecule has 0 radical (unpaired) electrons. The number of amides is 1. The van der Waals surface area contributed by atoms with Crippen LogP contribution in [0, 0.1) is 12.8 Å². The fourth-order valence-electron chi connectivity index (χ4n) is 2.79. The van der Waals surface area contributed by atoms with E-state index in [2.05, 4.69) is 51.3 Å². The molecule has 1 heterocycles. The minimum Gasteiger partial charge on any atom is -0.359 e. The smallest absolute Gasteiger partial charge is 0.220 e. The SMILES string of the molecule is CNC(=O)CC1CCN(Cc2ccc(Br)cc2C)CC1. The van der Waals surface area contributed by atoms with E-state index in [9.17, 15) is 4.79 Å². The van der Waals surface area contributed by atoms with Crippen LogP contribution in [-0.2, 0) is 11.3 Å². The first kappa shape index (κ1) is 15.5. The summed E-state index contributed by atoms with van der Waals surface area (Å²) in [4.78, 5) is 13.9. The first-order chi connectivity index (χ1) is 9.58. The van der Waals surface area contributed by atoms with E-state index in [0.29, 0.717) is 12.3 Å². The molecule has 0 atom stereocenters. The van der Waals surface area contributed by atoms with Crippen molar-refractivity contribution in [2.45, 2.75) is 32.7 Å². The average Bonchev–Trinajstić information content (AvgIpc) is 2.44. The maximum atomic E-state index is 11.4. The van der Waals surface area contributed by atoms with E-state index in [1.807, 2.05) is 0 Å². The molecule has 0 aromatic heterocycles. The Bertz CT molecular complexity index is 468. The predicted octanol–water partition coefficient (Wildman–Crippen LogP) is 3.11. The molecule has 1 saturated heterocycles. The molecule has 0 spiro atoms. The van der Waals surface area contributed by atoms with Crippen LogP contribution < -0.4 is 5.32 Å². The fourth-order valence-corrected chi connectivity index (χ4v) is 3.27. The van der Waals surface area contributed by atoms with Crippen LogP contribution in [-0.4, -0.2) is 30.9 Å². The third-order valence-electron chi connectivity index (χ3n) is 4.16. The highest BCUT2D eigenvalue weighted by Crippen LogP contribution is 2.23. The van der Waals surface area contributed by atoms with E-state index in [-0.39, 0.29) is 5.91 Å². The second-order valence-corrected chi connectivity index (χ2v) is 6.58. The van der Waals surface area contributed by atoms with Gasteiger partial charge < -0.3 is 5.32 Å². The van der Waals surface area contributed by atoms with Crippen molar-refractivity contribution < 1.29 is 4.79 Å². The number of nitrogens with one attached hydrogen (secondary N) is 1. The molecular formula is C16H23BrN2O. The van der Waals surface area contributed by atoms with Gasteiger partial charge in [0.15, 0.2) is 0 Å². The van der Waals surface area contributed by atoms with Gasteiger partial charge in [0.05, 0.1) is 0 Å². The largest absolute Gasteiger partial charge is 0.359 e. The van der Waals surface area contributed by atoms with Crippen LogP contribution in [0.2, 0.25) is 0 Å². The number of aryl methyl sites for hydroxylation is 1. The van der Waals surface area contributed by atoms with E-state index in [1.165, 1.54) is 11.1 Å². The maximum absolute atomic E-state index is 11.4. The Hall–Kier alpha value is -0.870. The number of hydrogen-bond donors (Lipinski definition) is 1. The van der Waals surface area contributed by atoms with Crippen molar-refractivity contribution in [3.8, 4) is 0 Å². The van der Waals surface area contributed by atoms with E-state index >= 15 is 0 Å². The van der Waals surface area contributed by atoms with Gasteiger partial charge in [0.1, 0.15) is 0 Å². The molecule has 0 bridgehead atoms. The van der Waals surface area contributed by atoms with Crippen LogP contribution in [0.1, 0.15) is 30.4 Å². The van der Waals surface area contributed by atoms with Crippen molar-refractivity contribution in [2.75, 3.05) is 20.1 Å². The summed E-state index contributed by atoms with van der Waals surface area (Å²) in [6.45, 7) is 5.37. The standard InChI is InChI=1S/C16H23BrN2O/c1-12-9-15(17)4-3-14(12)11-19-7-5-13(6-8-19)10-16(20)18-2/h3-4,9,13H,5-8,10-11H2,1-2H3,(H,18,20). The summed E-state index contributed by atoms with van der Waals surface area (Å²) in [5, 5.41) is 2.72. The van der Waals surface area contributed by atoms with Gasteiger partial charge in [0, 0.05) is 24.5 Å². The topological polar surface area (TPSA) is 32.3 Å². The molecule has 1 N–H and O–H groups in total. The van der Waals surface area contributed by atoms with E-state index < -0.39 is 0 Å². The van der Waals surface area contributed by atoms with Crippen molar-refractivity contribution in [3.05, 3.63) is 33.8 Å². The van der Waals surface area contributed by atoms with Crippen molar-refractivity contribution >= 4 is 21.8 Å². The molecule has 1 aromatic carbocycles. The monoisotopic (exact) mass is 338 g/mol. The molecule has 1 amide bonds. The molecule has 1 aliphatic heterocycles. The first-order valence-electron chi connectivity index (χ1n) is 7.26. The van der Waals surface area contributed by atoms with Crippen LogP contribution in [0.25, 0.3) is 0 Å². The van der Waals surface area contributed by atoms with Crippen LogP contribution in [0.4, 0.5) is 0 Å². The Kier molecular flexibility index (Phi) is 5.61. The van der Waals surface area contributed by atoms with Crippen molar-refractivity contribution in [2.24, 2.45) is 5.92 Å². The van der Waals surface area contributed by atoms with E-state index in [0.717, 1.165) is 36.9 Å². The third-order valence-corrected chi connectivity index (χ3v) is 4.65. The molecule has 0 aliphatic carbocycles.